The lowest BCUT2D eigenvalue weighted by Crippen LogP contribution is -2.21. The third-order valence-electron chi connectivity index (χ3n) is 2.97. The third-order valence-corrected chi connectivity index (χ3v) is 2.97. The minimum atomic E-state index is 0.476. The van der Waals surface area contributed by atoms with E-state index < -0.39 is 0 Å². The van der Waals surface area contributed by atoms with Gasteiger partial charge in [-0.3, -0.25) is 0 Å². The molecule has 1 N–H and O–H groups in total. The fraction of sp³-hybridized carbons (Fsp3) is 0.769. The Labute approximate surface area is 104 Å². The van der Waals surface area contributed by atoms with E-state index in [0.717, 1.165) is 17.8 Å². The lowest BCUT2D eigenvalue weighted by Gasteiger charge is -2.17. The summed E-state index contributed by atoms with van der Waals surface area (Å²) in [5.41, 5.74) is 1.85. The summed E-state index contributed by atoms with van der Waals surface area (Å²) in [5.74, 6) is 0.669. The van der Waals surface area contributed by atoms with Crippen molar-refractivity contribution in [3.63, 3.8) is 0 Å². The Morgan fingerprint density at radius 3 is 2.35 bits per heavy atom. The largest absolute Gasteiger partial charge is 0.350 e. The minimum absolute atomic E-state index is 0.476. The maximum atomic E-state index is 4.42. The summed E-state index contributed by atoms with van der Waals surface area (Å²) in [7, 11) is 0. The van der Waals surface area contributed by atoms with E-state index in [1.165, 1.54) is 25.7 Å². The maximum Gasteiger partial charge on any atom is 0.243 e. The van der Waals surface area contributed by atoms with E-state index in [1.54, 1.807) is 0 Å². The van der Waals surface area contributed by atoms with Crippen molar-refractivity contribution in [2.24, 2.45) is 0 Å². The van der Waals surface area contributed by atoms with Gasteiger partial charge in [0.15, 0.2) is 0 Å². The first kappa shape index (κ1) is 13.9. The van der Waals surface area contributed by atoms with E-state index in [9.17, 15) is 0 Å². The number of hydrogen-bond donors (Lipinski definition) is 1. The molecule has 4 heteroatoms. The molecule has 1 atom stereocenters. The van der Waals surface area contributed by atoms with Gasteiger partial charge in [0, 0.05) is 6.04 Å². The van der Waals surface area contributed by atoms with Crippen LogP contribution in [0.15, 0.2) is 0 Å². The smallest absolute Gasteiger partial charge is 0.243 e. The SMILES string of the molecule is CCCCC(CCC)Nc1nnc(C)c(C)n1. The first-order valence-corrected chi connectivity index (χ1v) is 6.61. The van der Waals surface area contributed by atoms with Gasteiger partial charge in [0.25, 0.3) is 0 Å². The summed E-state index contributed by atoms with van der Waals surface area (Å²) in [6, 6.07) is 0.476. The maximum absolute atomic E-state index is 4.42. The zero-order valence-electron chi connectivity index (χ0n) is 11.5. The van der Waals surface area contributed by atoms with Gasteiger partial charge in [-0.1, -0.05) is 33.1 Å². The molecule has 0 bridgehead atoms. The van der Waals surface area contributed by atoms with Gasteiger partial charge in [-0.05, 0) is 26.7 Å². The zero-order chi connectivity index (χ0) is 12.7. The van der Waals surface area contributed by atoms with Gasteiger partial charge in [-0.25, -0.2) is 4.98 Å². The molecule has 1 heterocycles. The molecule has 0 fully saturated rings. The van der Waals surface area contributed by atoms with Crippen molar-refractivity contribution in [1.29, 1.82) is 0 Å². The molecule has 0 spiro atoms. The van der Waals surface area contributed by atoms with E-state index in [2.05, 4.69) is 34.3 Å². The standard InChI is InChI=1S/C13H24N4/c1-5-7-9-12(8-6-2)15-13-14-10(3)11(4)16-17-13/h12H,5-9H2,1-4H3,(H,14,15,17). The average molecular weight is 236 g/mol. The molecule has 0 aliphatic carbocycles. The van der Waals surface area contributed by atoms with Gasteiger partial charge in [0.1, 0.15) is 0 Å². The van der Waals surface area contributed by atoms with Gasteiger partial charge < -0.3 is 5.32 Å². The van der Waals surface area contributed by atoms with Gasteiger partial charge in [-0.15, -0.1) is 5.10 Å². The van der Waals surface area contributed by atoms with Crippen LogP contribution in [0.5, 0.6) is 0 Å². The van der Waals surface area contributed by atoms with Crippen LogP contribution in [0.25, 0.3) is 0 Å². The van der Waals surface area contributed by atoms with Crippen molar-refractivity contribution < 1.29 is 0 Å². The van der Waals surface area contributed by atoms with Crippen LogP contribution in [0, 0.1) is 13.8 Å². The summed E-state index contributed by atoms with van der Waals surface area (Å²) >= 11 is 0. The summed E-state index contributed by atoms with van der Waals surface area (Å²) in [6.45, 7) is 8.33. The molecule has 0 aromatic carbocycles. The van der Waals surface area contributed by atoms with Crippen LogP contribution < -0.4 is 5.32 Å². The molecular formula is C13H24N4. The Morgan fingerprint density at radius 2 is 1.76 bits per heavy atom. The first-order valence-electron chi connectivity index (χ1n) is 6.61. The summed E-state index contributed by atoms with van der Waals surface area (Å²) < 4.78 is 0. The van der Waals surface area contributed by atoms with Gasteiger partial charge in [0.2, 0.25) is 5.95 Å². The van der Waals surface area contributed by atoms with Crippen LogP contribution in [0.3, 0.4) is 0 Å². The van der Waals surface area contributed by atoms with E-state index in [-0.39, 0.29) is 0 Å². The molecule has 0 aliphatic rings. The van der Waals surface area contributed by atoms with Crippen molar-refractivity contribution in [2.45, 2.75) is 65.8 Å². The Kier molecular flexibility index (Phi) is 5.87. The molecule has 17 heavy (non-hydrogen) atoms. The average Bonchev–Trinajstić information content (AvgIpc) is 2.31. The van der Waals surface area contributed by atoms with Crippen LogP contribution in [-0.2, 0) is 0 Å². The predicted molar refractivity (Wildman–Crippen MR) is 71.1 cm³/mol. The summed E-state index contributed by atoms with van der Waals surface area (Å²) in [4.78, 5) is 4.42. The second kappa shape index (κ2) is 7.20. The highest BCUT2D eigenvalue weighted by Crippen LogP contribution is 2.12. The van der Waals surface area contributed by atoms with Gasteiger partial charge in [0.05, 0.1) is 11.4 Å². The quantitative estimate of drug-likeness (QED) is 0.789. The zero-order valence-corrected chi connectivity index (χ0v) is 11.5. The molecule has 1 unspecified atom stereocenters. The first-order chi connectivity index (χ1) is 8.17. The molecule has 1 aromatic rings. The number of hydrogen-bond acceptors (Lipinski definition) is 4. The van der Waals surface area contributed by atoms with Crippen molar-refractivity contribution in [1.82, 2.24) is 15.2 Å². The highest BCUT2D eigenvalue weighted by Gasteiger charge is 2.09. The molecular weight excluding hydrogens is 212 g/mol. The third kappa shape index (κ3) is 4.67. The second-order valence-corrected chi connectivity index (χ2v) is 4.58. The number of nitrogens with one attached hydrogen (secondary N) is 1. The van der Waals surface area contributed by atoms with Crippen LogP contribution in [0.4, 0.5) is 5.95 Å². The molecule has 0 saturated heterocycles. The molecule has 1 aromatic heterocycles. The Balaban J connectivity index is 2.61. The van der Waals surface area contributed by atoms with E-state index in [1.807, 2.05) is 13.8 Å². The lowest BCUT2D eigenvalue weighted by atomic mass is 10.1. The fourth-order valence-electron chi connectivity index (χ4n) is 1.79. The van der Waals surface area contributed by atoms with Crippen LogP contribution >= 0.6 is 0 Å². The van der Waals surface area contributed by atoms with E-state index in [4.69, 9.17) is 0 Å². The molecule has 0 radical (unpaired) electrons. The van der Waals surface area contributed by atoms with Gasteiger partial charge in [-0.2, -0.15) is 5.10 Å². The highest BCUT2D eigenvalue weighted by molar-refractivity contribution is 5.26. The summed E-state index contributed by atoms with van der Waals surface area (Å²) in [5, 5.41) is 11.6. The predicted octanol–water partition coefficient (Wildman–Crippen LogP) is 3.26. The fourth-order valence-corrected chi connectivity index (χ4v) is 1.79. The molecule has 4 nitrogen and oxygen atoms in total. The number of unbranched alkanes of at least 4 members (excludes halogenated alkanes) is 1. The number of anilines is 1. The second-order valence-electron chi connectivity index (χ2n) is 4.58. The van der Waals surface area contributed by atoms with Crippen molar-refractivity contribution >= 4 is 5.95 Å². The van der Waals surface area contributed by atoms with Crippen LogP contribution in [0.1, 0.15) is 57.3 Å². The summed E-state index contributed by atoms with van der Waals surface area (Å²) in [6.07, 6.45) is 6.00. The van der Waals surface area contributed by atoms with Crippen molar-refractivity contribution in [3.05, 3.63) is 11.4 Å². The van der Waals surface area contributed by atoms with E-state index in [0.29, 0.717) is 12.0 Å². The Hall–Kier alpha value is -1.19. The van der Waals surface area contributed by atoms with Crippen LogP contribution in [0.2, 0.25) is 0 Å². The van der Waals surface area contributed by atoms with Crippen molar-refractivity contribution in [2.75, 3.05) is 5.32 Å². The van der Waals surface area contributed by atoms with Crippen molar-refractivity contribution in [3.8, 4) is 0 Å². The number of nitrogens with zero attached hydrogens (tertiary/aromatic N) is 3. The molecule has 0 amide bonds. The number of rotatable bonds is 7. The minimum Gasteiger partial charge on any atom is -0.350 e. The Morgan fingerprint density at radius 1 is 1.00 bits per heavy atom. The highest BCUT2D eigenvalue weighted by atomic mass is 15.2. The Bertz CT molecular complexity index is 338. The topological polar surface area (TPSA) is 50.7 Å². The monoisotopic (exact) mass is 236 g/mol. The molecule has 0 saturated carbocycles. The molecule has 96 valence electrons. The molecule has 1 rings (SSSR count). The van der Waals surface area contributed by atoms with Crippen LogP contribution in [-0.4, -0.2) is 21.2 Å². The number of aromatic nitrogens is 3. The lowest BCUT2D eigenvalue weighted by molar-refractivity contribution is 0.559. The normalized spacial score (nSPS) is 12.5. The van der Waals surface area contributed by atoms with Gasteiger partial charge >= 0.3 is 0 Å². The van der Waals surface area contributed by atoms with E-state index >= 15 is 0 Å². The molecule has 0 aliphatic heterocycles. The number of aryl methyl sites for hydroxylation is 2.